The van der Waals surface area contributed by atoms with Gasteiger partial charge in [0.2, 0.25) is 0 Å². The summed E-state index contributed by atoms with van der Waals surface area (Å²) in [6, 6.07) is 1.45. The van der Waals surface area contributed by atoms with Gasteiger partial charge in [0, 0.05) is 30.9 Å². The molecule has 3 atom stereocenters. The molecule has 4 heteroatoms. The highest BCUT2D eigenvalue weighted by atomic mass is 32.2. The van der Waals surface area contributed by atoms with Gasteiger partial charge in [-0.15, -0.1) is 0 Å². The van der Waals surface area contributed by atoms with Crippen LogP contribution in [0.15, 0.2) is 4.99 Å². The number of fused-ring (bicyclic) bond motifs is 1. The summed E-state index contributed by atoms with van der Waals surface area (Å²) in [6.07, 6.45) is 5.50. The second-order valence-electron chi connectivity index (χ2n) is 5.70. The van der Waals surface area contributed by atoms with E-state index < -0.39 is 0 Å². The van der Waals surface area contributed by atoms with E-state index >= 15 is 0 Å². The van der Waals surface area contributed by atoms with Crippen LogP contribution in [0.3, 0.4) is 0 Å². The lowest BCUT2D eigenvalue weighted by Gasteiger charge is -2.33. The van der Waals surface area contributed by atoms with Gasteiger partial charge in [-0.05, 0) is 31.7 Å². The van der Waals surface area contributed by atoms with Gasteiger partial charge in [-0.3, -0.25) is 9.89 Å². The largest absolute Gasteiger partial charge is 0.361 e. The highest BCUT2D eigenvalue weighted by molar-refractivity contribution is 8.13. The molecule has 3 aliphatic rings. The van der Waals surface area contributed by atoms with Crippen molar-refractivity contribution in [1.82, 2.24) is 10.2 Å². The van der Waals surface area contributed by atoms with E-state index in [0.717, 1.165) is 18.5 Å². The maximum Gasteiger partial charge on any atom is 0.156 e. The lowest BCUT2D eigenvalue weighted by molar-refractivity contribution is 0.185. The zero-order valence-electron chi connectivity index (χ0n) is 10.7. The Morgan fingerprint density at radius 3 is 3.06 bits per heavy atom. The van der Waals surface area contributed by atoms with E-state index in [-0.39, 0.29) is 0 Å². The molecule has 2 fully saturated rings. The first-order valence-corrected chi connectivity index (χ1v) is 7.99. The number of piperidine rings is 1. The first-order valence-electron chi connectivity index (χ1n) is 7.01. The van der Waals surface area contributed by atoms with Gasteiger partial charge in [0.25, 0.3) is 0 Å². The summed E-state index contributed by atoms with van der Waals surface area (Å²) >= 11 is 1.92. The number of amidine groups is 1. The summed E-state index contributed by atoms with van der Waals surface area (Å²) in [7, 11) is 0. The van der Waals surface area contributed by atoms with Crippen molar-refractivity contribution in [3.63, 3.8) is 0 Å². The molecule has 3 aliphatic heterocycles. The normalized spacial score (nSPS) is 38.6. The second kappa shape index (κ2) is 5.19. The van der Waals surface area contributed by atoms with Gasteiger partial charge in [0.15, 0.2) is 5.17 Å². The molecular weight excluding hydrogens is 230 g/mol. The van der Waals surface area contributed by atoms with Crippen LogP contribution >= 0.6 is 11.8 Å². The molecule has 3 unspecified atom stereocenters. The van der Waals surface area contributed by atoms with Crippen LogP contribution in [-0.4, -0.2) is 47.5 Å². The fourth-order valence-electron chi connectivity index (χ4n) is 3.22. The van der Waals surface area contributed by atoms with Crippen LogP contribution in [0, 0.1) is 5.92 Å². The zero-order chi connectivity index (χ0) is 11.7. The van der Waals surface area contributed by atoms with E-state index in [1.165, 1.54) is 49.7 Å². The summed E-state index contributed by atoms with van der Waals surface area (Å²) in [6.45, 7) is 5.90. The summed E-state index contributed by atoms with van der Waals surface area (Å²) in [4.78, 5) is 7.34. The van der Waals surface area contributed by atoms with Crippen LogP contribution in [-0.2, 0) is 0 Å². The van der Waals surface area contributed by atoms with Crippen LogP contribution in [0.2, 0.25) is 0 Å². The minimum atomic E-state index is 0.662. The molecule has 0 aromatic heterocycles. The molecule has 0 amide bonds. The minimum absolute atomic E-state index is 0.662. The van der Waals surface area contributed by atoms with Crippen molar-refractivity contribution in [3.05, 3.63) is 0 Å². The lowest BCUT2D eigenvalue weighted by Crippen LogP contribution is -2.46. The lowest BCUT2D eigenvalue weighted by atomic mass is 9.99. The number of nitrogens with one attached hydrogen (secondary N) is 1. The molecular formula is C13H23N3S. The Bertz CT molecular complexity index is 305. The van der Waals surface area contributed by atoms with E-state index in [1.807, 2.05) is 11.8 Å². The van der Waals surface area contributed by atoms with Crippen molar-refractivity contribution in [2.24, 2.45) is 10.9 Å². The molecule has 3 nitrogen and oxygen atoms in total. The average Bonchev–Trinajstić information content (AvgIpc) is 2.76. The molecule has 0 saturated carbocycles. The SMILES string of the molecule is CC1CN=C(NC2CCN3CCCCC23)SC1. The topological polar surface area (TPSA) is 27.6 Å². The Morgan fingerprint density at radius 1 is 1.29 bits per heavy atom. The molecule has 3 heterocycles. The number of hydrogen-bond acceptors (Lipinski definition) is 4. The standard InChI is InChI=1S/C13H23N3S/c1-10-8-14-13(17-9-10)15-11-5-7-16-6-3-2-4-12(11)16/h10-12H,2-9H2,1H3,(H,14,15). The summed E-state index contributed by atoms with van der Waals surface area (Å²) in [5, 5.41) is 4.92. The van der Waals surface area contributed by atoms with Crippen molar-refractivity contribution in [2.75, 3.05) is 25.4 Å². The Morgan fingerprint density at radius 2 is 2.24 bits per heavy atom. The molecule has 2 saturated heterocycles. The number of thioether (sulfide) groups is 1. The van der Waals surface area contributed by atoms with Gasteiger partial charge < -0.3 is 5.32 Å². The Labute approximate surface area is 108 Å². The predicted molar refractivity (Wildman–Crippen MR) is 74.7 cm³/mol. The van der Waals surface area contributed by atoms with Gasteiger partial charge in [-0.25, -0.2) is 0 Å². The molecule has 0 aromatic rings. The summed E-state index contributed by atoms with van der Waals surface area (Å²) in [5.74, 6) is 1.98. The highest BCUT2D eigenvalue weighted by Gasteiger charge is 2.36. The summed E-state index contributed by atoms with van der Waals surface area (Å²) < 4.78 is 0. The van der Waals surface area contributed by atoms with Crippen LogP contribution in [0.25, 0.3) is 0 Å². The van der Waals surface area contributed by atoms with Gasteiger partial charge in [0.05, 0.1) is 0 Å². The monoisotopic (exact) mass is 253 g/mol. The molecule has 3 rings (SSSR count). The van der Waals surface area contributed by atoms with Gasteiger partial charge >= 0.3 is 0 Å². The van der Waals surface area contributed by atoms with Gasteiger partial charge in [-0.1, -0.05) is 25.1 Å². The molecule has 96 valence electrons. The minimum Gasteiger partial charge on any atom is -0.361 e. The van der Waals surface area contributed by atoms with Crippen LogP contribution in [0.4, 0.5) is 0 Å². The maximum absolute atomic E-state index is 4.66. The number of rotatable bonds is 1. The Balaban J connectivity index is 1.58. The molecule has 0 spiro atoms. The van der Waals surface area contributed by atoms with Crippen LogP contribution in [0.5, 0.6) is 0 Å². The van der Waals surface area contributed by atoms with Crippen molar-refractivity contribution in [2.45, 2.75) is 44.7 Å². The van der Waals surface area contributed by atoms with Crippen molar-refractivity contribution in [3.8, 4) is 0 Å². The third kappa shape index (κ3) is 2.63. The number of nitrogens with zero attached hydrogens (tertiary/aromatic N) is 2. The molecule has 0 aliphatic carbocycles. The van der Waals surface area contributed by atoms with Crippen LogP contribution in [0.1, 0.15) is 32.6 Å². The molecule has 0 bridgehead atoms. The van der Waals surface area contributed by atoms with Crippen LogP contribution < -0.4 is 5.32 Å². The average molecular weight is 253 g/mol. The molecule has 0 aromatic carbocycles. The van der Waals surface area contributed by atoms with Crippen molar-refractivity contribution in [1.29, 1.82) is 0 Å². The zero-order valence-corrected chi connectivity index (χ0v) is 11.5. The molecule has 0 radical (unpaired) electrons. The second-order valence-corrected chi connectivity index (χ2v) is 6.71. The molecule has 1 N–H and O–H groups in total. The van der Waals surface area contributed by atoms with Gasteiger partial charge in [-0.2, -0.15) is 0 Å². The summed E-state index contributed by atoms with van der Waals surface area (Å²) in [5.41, 5.74) is 0. The van der Waals surface area contributed by atoms with Gasteiger partial charge in [0.1, 0.15) is 0 Å². The van der Waals surface area contributed by atoms with E-state index in [4.69, 9.17) is 0 Å². The number of hydrogen-bond donors (Lipinski definition) is 1. The van der Waals surface area contributed by atoms with Crippen molar-refractivity contribution >= 4 is 16.9 Å². The third-order valence-electron chi connectivity index (χ3n) is 4.22. The predicted octanol–water partition coefficient (Wildman–Crippen LogP) is 1.94. The van der Waals surface area contributed by atoms with E-state index in [9.17, 15) is 0 Å². The number of aliphatic imine (C=N–C) groups is 1. The van der Waals surface area contributed by atoms with E-state index in [0.29, 0.717) is 6.04 Å². The fraction of sp³-hybridized carbons (Fsp3) is 0.923. The Kier molecular flexibility index (Phi) is 3.61. The van der Waals surface area contributed by atoms with Crippen molar-refractivity contribution < 1.29 is 0 Å². The van der Waals surface area contributed by atoms with E-state index in [1.54, 1.807) is 0 Å². The fourth-order valence-corrected chi connectivity index (χ4v) is 4.17. The first-order chi connectivity index (χ1) is 8.33. The smallest absolute Gasteiger partial charge is 0.156 e. The Hall–Kier alpha value is -0.220. The first kappa shape index (κ1) is 11.8. The van der Waals surface area contributed by atoms with E-state index in [2.05, 4.69) is 22.1 Å². The molecule has 17 heavy (non-hydrogen) atoms. The quantitative estimate of drug-likeness (QED) is 0.774. The highest BCUT2D eigenvalue weighted by Crippen LogP contribution is 2.28. The third-order valence-corrected chi connectivity index (χ3v) is 5.47. The maximum atomic E-state index is 4.66.